The van der Waals surface area contributed by atoms with Gasteiger partial charge in [0.05, 0.1) is 23.3 Å². The first-order valence-corrected chi connectivity index (χ1v) is 9.31. The molecule has 10 heteroatoms. The molecule has 32 heavy (non-hydrogen) atoms. The van der Waals surface area contributed by atoms with Crippen LogP contribution in [-0.4, -0.2) is 13.0 Å². The van der Waals surface area contributed by atoms with E-state index in [-0.39, 0.29) is 28.1 Å². The minimum absolute atomic E-state index is 0.0128. The van der Waals surface area contributed by atoms with E-state index in [0.29, 0.717) is 0 Å². The van der Waals surface area contributed by atoms with Gasteiger partial charge in [0.25, 0.3) is 5.91 Å². The van der Waals surface area contributed by atoms with Gasteiger partial charge in [0, 0.05) is 11.3 Å². The third-order valence-electron chi connectivity index (χ3n) is 4.52. The lowest BCUT2D eigenvalue weighted by Gasteiger charge is -2.15. The number of anilines is 1. The van der Waals surface area contributed by atoms with Crippen molar-refractivity contribution in [2.75, 3.05) is 12.4 Å². The minimum atomic E-state index is -4.71. The second-order valence-corrected chi connectivity index (χ2v) is 7.04. The van der Waals surface area contributed by atoms with Gasteiger partial charge in [0.15, 0.2) is 0 Å². The van der Waals surface area contributed by atoms with Crippen LogP contribution in [0.3, 0.4) is 0 Å². The van der Waals surface area contributed by atoms with Gasteiger partial charge in [-0.1, -0.05) is 17.7 Å². The monoisotopic (exact) mass is 473 g/mol. The van der Waals surface area contributed by atoms with E-state index in [2.05, 4.69) is 5.32 Å². The average Bonchev–Trinajstić information content (AvgIpc) is 2.72. The Hall–Kier alpha value is -3.20. The number of amides is 1. The second kappa shape index (κ2) is 8.74. The molecule has 0 aliphatic heterocycles. The first kappa shape index (κ1) is 23.5. The van der Waals surface area contributed by atoms with Crippen molar-refractivity contribution in [3.63, 3.8) is 0 Å². The topological polar surface area (TPSA) is 38.3 Å². The van der Waals surface area contributed by atoms with Gasteiger partial charge in [0.1, 0.15) is 5.75 Å². The van der Waals surface area contributed by atoms with Crippen LogP contribution in [0.1, 0.15) is 21.5 Å². The van der Waals surface area contributed by atoms with Crippen LogP contribution in [-0.2, 0) is 12.4 Å². The highest BCUT2D eigenvalue weighted by atomic mass is 35.5. The normalized spacial score (nSPS) is 11.9. The molecule has 0 aromatic heterocycles. The van der Waals surface area contributed by atoms with E-state index in [4.69, 9.17) is 16.3 Å². The fourth-order valence-electron chi connectivity index (χ4n) is 2.94. The smallest absolute Gasteiger partial charge is 0.417 e. The molecule has 0 radical (unpaired) electrons. The number of benzene rings is 3. The largest absolute Gasteiger partial charge is 0.497 e. The number of carbonyl (C=O) groups is 1. The molecule has 1 N–H and O–H groups in total. The number of alkyl halides is 6. The van der Waals surface area contributed by atoms with Gasteiger partial charge in [-0.2, -0.15) is 26.3 Å². The number of hydrogen-bond donors (Lipinski definition) is 1. The number of carbonyl (C=O) groups excluding carboxylic acids is 1. The zero-order valence-corrected chi connectivity index (χ0v) is 17.0. The van der Waals surface area contributed by atoms with Gasteiger partial charge in [0.2, 0.25) is 0 Å². The van der Waals surface area contributed by atoms with E-state index in [0.717, 1.165) is 36.4 Å². The van der Waals surface area contributed by atoms with E-state index in [1.54, 1.807) is 0 Å². The van der Waals surface area contributed by atoms with Crippen LogP contribution in [0.5, 0.6) is 5.75 Å². The fraction of sp³-hybridized carbons (Fsp3) is 0.136. The SMILES string of the molecule is COc1ccc(C(=O)Nc2ccc(C(F)(F)F)cc2)c(-c2ccc(Cl)c(C(F)(F)F)c2)c1. The molecular formula is C22H14ClF6NO2. The van der Waals surface area contributed by atoms with Crippen molar-refractivity contribution in [2.45, 2.75) is 12.4 Å². The third kappa shape index (κ3) is 5.16. The number of methoxy groups -OCH3 is 1. The molecule has 0 saturated heterocycles. The van der Waals surface area contributed by atoms with Crippen molar-refractivity contribution in [3.05, 3.63) is 82.4 Å². The Kier molecular flexibility index (Phi) is 6.41. The lowest BCUT2D eigenvalue weighted by molar-refractivity contribution is -0.138. The molecule has 0 saturated carbocycles. The van der Waals surface area contributed by atoms with Crippen molar-refractivity contribution in [3.8, 4) is 16.9 Å². The number of ether oxygens (including phenoxy) is 1. The van der Waals surface area contributed by atoms with E-state index >= 15 is 0 Å². The average molecular weight is 474 g/mol. The quantitative estimate of drug-likeness (QED) is 0.404. The van der Waals surface area contributed by atoms with E-state index < -0.39 is 34.4 Å². The summed E-state index contributed by atoms with van der Waals surface area (Å²) in [6.07, 6.45) is -9.24. The summed E-state index contributed by atoms with van der Waals surface area (Å²) in [5.74, 6) is -0.444. The summed E-state index contributed by atoms with van der Waals surface area (Å²) in [5, 5.41) is 1.95. The third-order valence-corrected chi connectivity index (χ3v) is 4.85. The Morgan fingerprint density at radius 2 is 1.53 bits per heavy atom. The summed E-state index contributed by atoms with van der Waals surface area (Å²) < 4.78 is 83.1. The molecule has 0 fully saturated rings. The van der Waals surface area contributed by atoms with Gasteiger partial charge < -0.3 is 10.1 Å². The van der Waals surface area contributed by atoms with Gasteiger partial charge in [-0.05, 0) is 65.7 Å². The zero-order valence-electron chi connectivity index (χ0n) is 16.2. The van der Waals surface area contributed by atoms with Crippen molar-refractivity contribution in [1.82, 2.24) is 0 Å². The highest BCUT2D eigenvalue weighted by Gasteiger charge is 2.34. The minimum Gasteiger partial charge on any atom is -0.497 e. The molecule has 3 rings (SSSR count). The van der Waals surface area contributed by atoms with Crippen LogP contribution in [0.4, 0.5) is 32.0 Å². The fourth-order valence-corrected chi connectivity index (χ4v) is 3.16. The van der Waals surface area contributed by atoms with Crippen molar-refractivity contribution < 1.29 is 35.9 Å². The number of halogens is 7. The van der Waals surface area contributed by atoms with Crippen molar-refractivity contribution >= 4 is 23.2 Å². The second-order valence-electron chi connectivity index (χ2n) is 6.63. The summed E-state index contributed by atoms with van der Waals surface area (Å²) in [6, 6.07) is 11.1. The molecule has 0 aliphatic rings. The molecular weight excluding hydrogens is 460 g/mol. The summed E-state index contributed by atoms with van der Waals surface area (Å²) in [7, 11) is 1.35. The molecule has 0 spiro atoms. The van der Waals surface area contributed by atoms with Gasteiger partial charge in [-0.25, -0.2) is 0 Å². The van der Waals surface area contributed by atoms with E-state index in [9.17, 15) is 31.1 Å². The van der Waals surface area contributed by atoms with Crippen LogP contribution in [0, 0.1) is 0 Å². The van der Waals surface area contributed by atoms with Crippen molar-refractivity contribution in [1.29, 1.82) is 0 Å². The summed E-state index contributed by atoms with van der Waals surface area (Å²) in [4.78, 5) is 12.8. The Labute approximate surface area is 183 Å². The van der Waals surface area contributed by atoms with Crippen LogP contribution in [0.25, 0.3) is 11.1 Å². The molecule has 0 heterocycles. The first-order chi connectivity index (χ1) is 14.9. The predicted molar refractivity (Wildman–Crippen MR) is 108 cm³/mol. The van der Waals surface area contributed by atoms with E-state index in [1.807, 2.05) is 0 Å². The summed E-state index contributed by atoms with van der Waals surface area (Å²) in [6.45, 7) is 0. The van der Waals surface area contributed by atoms with Crippen LogP contribution in [0.15, 0.2) is 60.7 Å². The Balaban J connectivity index is 2.01. The molecule has 3 aromatic rings. The Bertz CT molecular complexity index is 1140. The predicted octanol–water partition coefficient (Wildman–Crippen LogP) is 7.31. The van der Waals surface area contributed by atoms with Crippen LogP contribution < -0.4 is 10.1 Å². The molecule has 168 valence electrons. The molecule has 0 aliphatic carbocycles. The molecule has 3 aromatic carbocycles. The Morgan fingerprint density at radius 3 is 2.09 bits per heavy atom. The number of nitrogens with one attached hydrogen (secondary N) is 1. The van der Waals surface area contributed by atoms with Gasteiger partial charge in [-0.15, -0.1) is 0 Å². The maximum Gasteiger partial charge on any atom is 0.417 e. The lowest BCUT2D eigenvalue weighted by atomic mass is 9.97. The van der Waals surface area contributed by atoms with E-state index in [1.165, 1.54) is 31.4 Å². The summed E-state index contributed by atoms with van der Waals surface area (Å²) in [5.41, 5.74) is -1.72. The highest BCUT2D eigenvalue weighted by molar-refractivity contribution is 6.31. The van der Waals surface area contributed by atoms with Gasteiger partial charge >= 0.3 is 12.4 Å². The molecule has 3 nitrogen and oxygen atoms in total. The molecule has 0 atom stereocenters. The van der Waals surface area contributed by atoms with Crippen LogP contribution >= 0.6 is 11.6 Å². The molecule has 0 unspecified atom stereocenters. The lowest BCUT2D eigenvalue weighted by Crippen LogP contribution is -2.14. The highest BCUT2D eigenvalue weighted by Crippen LogP contribution is 2.39. The van der Waals surface area contributed by atoms with Gasteiger partial charge in [-0.3, -0.25) is 4.79 Å². The maximum absolute atomic E-state index is 13.3. The molecule has 0 bridgehead atoms. The standard InChI is InChI=1S/C22H14ClF6NO2/c1-32-15-7-8-16(20(31)30-14-5-3-13(4-6-14)21(24,25)26)17(11-15)12-2-9-19(23)18(10-12)22(27,28)29/h2-11H,1H3,(H,30,31). The maximum atomic E-state index is 13.3. The first-order valence-electron chi connectivity index (χ1n) is 8.94. The Morgan fingerprint density at radius 1 is 0.875 bits per heavy atom. The van der Waals surface area contributed by atoms with Crippen molar-refractivity contribution in [2.24, 2.45) is 0 Å². The van der Waals surface area contributed by atoms with Crippen LogP contribution in [0.2, 0.25) is 5.02 Å². The number of rotatable bonds is 4. The number of hydrogen-bond acceptors (Lipinski definition) is 2. The summed E-state index contributed by atoms with van der Waals surface area (Å²) >= 11 is 5.68. The zero-order chi connectivity index (χ0) is 23.7. The molecule has 1 amide bonds.